The van der Waals surface area contributed by atoms with Crippen molar-refractivity contribution < 1.29 is 19.2 Å². The van der Waals surface area contributed by atoms with Gasteiger partial charge in [0.2, 0.25) is 5.78 Å². The molecule has 182 valence electrons. The SMILES string of the molecule is CONC(=O)C(=O)[C@@H](Cc1ccccc1)NC(=O)c1cccnc1-n1cc(Cl)c(-c2ccccc2)n1. The molecule has 0 aliphatic heterocycles. The molecule has 0 aliphatic carbocycles. The Balaban J connectivity index is 1.64. The van der Waals surface area contributed by atoms with E-state index in [1.54, 1.807) is 42.6 Å². The van der Waals surface area contributed by atoms with Crippen LogP contribution in [0.3, 0.4) is 0 Å². The maximum absolute atomic E-state index is 13.3. The highest BCUT2D eigenvalue weighted by Crippen LogP contribution is 2.27. The number of hydroxylamine groups is 1. The molecule has 0 saturated carbocycles. The van der Waals surface area contributed by atoms with Crippen molar-refractivity contribution in [2.75, 3.05) is 7.11 Å². The van der Waals surface area contributed by atoms with Crippen LogP contribution in [0, 0.1) is 0 Å². The van der Waals surface area contributed by atoms with Gasteiger partial charge in [-0.25, -0.2) is 15.1 Å². The minimum absolute atomic E-state index is 0.101. The molecule has 0 spiro atoms. The molecule has 9 nitrogen and oxygen atoms in total. The van der Waals surface area contributed by atoms with Gasteiger partial charge < -0.3 is 5.32 Å². The first kappa shape index (κ1) is 24.8. The number of aromatic nitrogens is 3. The maximum Gasteiger partial charge on any atom is 0.313 e. The number of benzene rings is 2. The van der Waals surface area contributed by atoms with E-state index in [0.717, 1.165) is 11.1 Å². The molecule has 0 saturated heterocycles. The second-order valence-electron chi connectivity index (χ2n) is 7.73. The highest BCUT2D eigenvalue weighted by atomic mass is 35.5. The number of amides is 2. The van der Waals surface area contributed by atoms with Crippen molar-refractivity contribution in [2.45, 2.75) is 12.5 Å². The van der Waals surface area contributed by atoms with Crippen LogP contribution < -0.4 is 10.8 Å². The largest absolute Gasteiger partial charge is 0.341 e. The second kappa shape index (κ2) is 11.4. The van der Waals surface area contributed by atoms with Crippen LogP contribution in [0.4, 0.5) is 0 Å². The summed E-state index contributed by atoms with van der Waals surface area (Å²) in [4.78, 5) is 47.2. The van der Waals surface area contributed by atoms with Crippen molar-refractivity contribution in [3.8, 4) is 17.1 Å². The lowest BCUT2D eigenvalue weighted by Crippen LogP contribution is -2.48. The van der Waals surface area contributed by atoms with Gasteiger partial charge >= 0.3 is 5.91 Å². The van der Waals surface area contributed by atoms with E-state index in [0.29, 0.717) is 10.7 Å². The van der Waals surface area contributed by atoms with E-state index in [-0.39, 0.29) is 17.8 Å². The van der Waals surface area contributed by atoms with Gasteiger partial charge in [-0.2, -0.15) is 5.10 Å². The fourth-order valence-corrected chi connectivity index (χ4v) is 3.85. The smallest absolute Gasteiger partial charge is 0.313 e. The van der Waals surface area contributed by atoms with Gasteiger partial charge in [-0.1, -0.05) is 72.3 Å². The lowest BCUT2D eigenvalue weighted by Gasteiger charge is -2.18. The third-order valence-electron chi connectivity index (χ3n) is 5.29. The molecule has 10 heteroatoms. The molecule has 2 aromatic heterocycles. The van der Waals surface area contributed by atoms with E-state index in [9.17, 15) is 14.4 Å². The van der Waals surface area contributed by atoms with Crippen LogP contribution in [-0.2, 0) is 20.8 Å². The molecule has 4 aromatic rings. The molecule has 36 heavy (non-hydrogen) atoms. The van der Waals surface area contributed by atoms with Gasteiger partial charge in [0.15, 0.2) is 5.82 Å². The Bertz CT molecular complexity index is 1380. The van der Waals surface area contributed by atoms with Crippen molar-refractivity contribution in [1.29, 1.82) is 0 Å². The van der Waals surface area contributed by atoms with E-state index in [4.69, 9.17) is 11.6 Å². The van der Waals surface area contributed by atoms with Crippen LogP contribution >= 0.6 is 11.6 Å². The van der Waals surface area contributed by atoms with Crippen LogP contribution in [-0.4, -0.2) is 45.5 Å². The zero-order valence-electron chi connectivity index (χ0n) is 19.2. The summed E-state index contributed by atoms with van der Waals surface area (Å²) in [5.41, 5.74) is 4.25. The van der Waals surface area contributed by atoms with E-state index < -0.39 is 23.6 Å². The minimum atomic E-state index is -1.15. The Kier molecular flexibility index (Phi) is 7.84. The van der Waals surface area contributed by atoms with Crippen LogP contribution in [0.5, 0.6) is 0 Å². The molecular weight excluding hydrogens is 482 g/mol. The Morgan fingerprint density at radius 3 is 2.39 bits per heavy atom. The van der Waals surface area contributed by atoms with Gasteiger partial charge in [0.1, 0.15) is 11.7 Å². The highest BCUT2D eigenvalue weighted by molar-refractivity contribution is 6.38. The third kappa shape index (κ3) is 5.65. The first-order chi connectivity index (χ1) is 17.5. The average molecular weight is 504 g/mol. The summed E-state index contributed by atoms with van der Waals surface area (Å²) in [5, 5.41) is 7.57. The lowest BCUT2D eigenvalue weighted by molar-refractivity contribution is -0.145. The molecule has 2 amide bonds. The monoisotopic (exact) mass is 503 g/mol. The molecule has 4 rings (SSSR count). The van der Waals surface area contributed by atoms with Crippen molar-refractivity contribution >= 4 is 29.2 Å². The summed E-state index contributed by atoms with van der Waals surface area (Å²) in [6.45, 7) is 0. The number of rotatable bonds is 9. The fourth-order valence-electron chi connectivity index (χ4n) is 3.61. The molecule has 0 unspecified atom stereocenters. The number of halogens is 1. The summed E-state index contributed by atoms with van der Waals surface area (Å²) in [5.74, 6) is -2.22. The lowest BCUT2D eigenvalue weighted by atomic mass is 10.0. The average Bonchev–Trinajstić information content (AvgIpc) is 3.30. The number of nitrogens with one attached hydrogen (secondary N) is 2. The van der Waals surface area contributed by atoms with E-state index in [1.807, 2.05) is 41.9 Å². The Labute approximate surface area is 212 Å². The molecular formula is C26H22ClN5O4. The van der Waals surface area contributed by atoms with E-state index >= 15 is 0 Å². The number of pyridine rings is 1. The van der Waals surface area contributed by atoms with Gasteiger partial charge in [0.25, 0.3) is 5.91 Å². The summed E-state index contributed by atoms with van der Waals surface area (Å²) in [7, 11) is 1.22. The molecule has 0 radical (unpaired) electrons. The van der Waals surface area contributed by atoms with Gasteiger partial charge in [-0.05, 0) is 17.7 Å². The van der Waals surface area contributed by atoms with Gasteiger partial charge in [0.05, 0.1) is 23.9 Å². The number of carbonyl (C=O) groups excluding carboxylic acids is 3. The summed E-state index contributed by atoms with van der Waals surface area (Å²) >= 11 is 6.43. The third-order valence-corrected chi connectivity index (χ3v) is 5.56. The number of carbonyl (C=O) groups is 3. The summed E-state index contributed by atoms with van der Waals surface area (Å²) < 4.78 is 1.41. The predicted octanol–water partition coefficient (Wildman–Crippen LogP) is 3.18. The Morgan fingerprint density at radius 1 is 1.00 bits per heavy atom. The Morgan fingerprint density at radius 2 is 1.69 bits per heavy atom. The molecule has 0 bridgehead atoms. The van der Waals surface area contributed by atoms with Gasteiger partial charge in [0, 0.05) is 18.2 Å². The number of Topliss-reactive ketones (excluding diaryl/α,β-unsaturated/α-hetero) is 1. The quantitative estimate of drug-likeness (QED) is 0.268. The normalized spacial score (nSPS) is 11.5. The molecule has 0 fully saturated rings. The van der Waals surface area contributed by atoms with Crippen LogP contribution in [0.25, 0.3) is 17.1 Å². The molecule has 0 aliphatic rings. The van der Waals surface area contributed by atoms with Gasteiger partial charge in [-0.15, -0.1) is 0 Å². The number of ketones is 1. The van der Waals surface area contributed by atoms with Crippen molar-refractivity contribution in [3.05, 3.63) is 101 Å². The summed E-state index contributed by atoms with van der Waals surface area (Å²) in [6, 6.07) is 20.4. The highest BCUT2D eigenvalue weighted by Gasteiger charge is 2.29. The minimum Gasteiger partial charge on any atom is -0.341 e. The molecule has 2 N–H and O–H groups in total. The first-order valence-electron chi connectivity index (χ1n) is 11.0. The van der Waals surface area contributed by atoms with E-state index in [1.165, 1.54) is 18.0 Å². The molecule has 1 atom stereocenters. The first-order valence-corrected chi connectivity index (χ1v) is 11.3. The van der Waals surface area contributed by atoms with Crippen LogP contribution in [0.2, 0.25) is 5.02 Å². The van der Waals surface area contributed by atoms with Crippen LogP contribution in [0.1, 0.15) is 15.9 Å². The van der Waals surface area contributed by atoms with Crippen molar-refractivity contribution in [2.24, 2.45) is 0 Å². The zero-order chi connectivity index (χ0) is 25.5. The van der Waals surface area contributed by atoms with Crippen LogP contribution in [0.15, 0.2) is 85.2 Å². The maximum atomic E-state index is 13.3. The molecule has 2 aromatic carbocycles. The van der Waals surface area contributed by atoms with Crippen molar-refractivity contribution in [1.82, 2.24) is 25.6 Å². The molecule has 2 heterocycles. The number of hydrogen-bond donors (Lipinski definition) is 2. The van der Waals surface area contributed by atoms with E-state index in [2.05, 4.69) is 20.2 Å². The standard InChI is InChI=1S/C26H22ClN5O4/c1-36-31-26(35)23(33)21(15-17-9-4-2-5-10-17)29-25(34)19-13-8-14-28-24(19)32-16-20(27)22(30-32)18-11-6-3-7-12-18/h2-14,16,21H,15H2,1H3,(H,29,34)(H,31,35)/t21-/m1/s1. The van der Waals surface area contributed by atoms with Gasteiger partial charge in [-0.3, -0.25) is 19.2 Å². The fraction of sp³-hybridized carbons (Fsp3) is 0.115. The number of nitrogens with zero attached hydrogens (tertiary/aromatic N) is 3. The zero-order valence-corrected chi connectivity index (χ0v) is 20.0. The van der Waals surface area contributed by atoms with Crippen molar-refractivity contribution in [3.63, 3.8) is 0 Å². The topological polar surface area (TPSA) is 115 Å². The number of hydrogen-bond acceptors (Lipinski definition) is 6. The second-order valence-corrected chi connectivity index (χ2v) is 8.13. The Hall–Kier alpha value is -4.34. The summed E-state index contributed by atoms with van der Waals surface area (Å²) in [6.07, 6.45) is 3.17. The predicted molar refractivity (Wildman–Crippen MR) is 133 cm³/mol.